The number of likely N-dealkylation sites (tertiary alicyclic amines) is 1. The molecule has 0 radical (unpaired) electrons. The number of fused-ring (bicyclic) bond motifs is 1. The van der Waals surface area contributed by atoms with Crippen LogP contribution in [0.1, 0.15) is 47.7 Å². The lowest BCUT2D eigenvalue weighted by Gasteiger charge is -2.19. The van der Waals surface area contributed by atoms with Gasteiger partial charge in [-0.3, -0.25) is 9.48 Å². The Bertz CT molecular complexity index is 1040. The van der Waals surface area contributed by atoms with Gasteiger partial charge in [0.15, 0.2) is 0 Å². The SMILES string of the molecule is CCC[C@H]1CCN(C(=O)c2cc(-c3cnn(C)c3)nc3c(C)c(C)ccc23)C1. The van der Waals surface area contributed by atoms with Crippen LogP contribution in [-0.2, 0) is 7.05 Å². The van der Waals surface area contributed by atoms with Gasteiger partial charge in [0.25, 0.3) is 5.91 Å². The largest absolute Gasteiger partial charge is 0.338 e. The normalized spacial score (nSPS) is 16.9. The highest BCUT2D eigenvalue weighted by Crippen LogP contribution is 2.30. The van der Waals surface area contributed by atoms with E-state index < -0.39 is 0 Å². The Kier molecular flexibility index (Phi) is 4.92. The van der Waals surface area contributed by atoms with E-state index in [1.807, 2.05) is 30.3 Å². The van der Waals surface area contributed by atoms with Gasteiger partial charge in [-0.15, -0.1) is 0 Å². The van der Waals surface area contributed by atoms with Crippen LogP contribution in [0.4, 0.5) is 0 Å². The minimum Gasteiger partial charge on any atom is -0.338 e. The van der Waals surface area contributed by atoms with Crippen LogP contribution in [0.25, 0.3) is 22.2 Å². The van der Waals surface area contributed by atoms with Crippen molar-refractivity contribution in [3.05, 3.63) is 47.3 Å². The van der Waals surface area contributed by atoms with Crippen molar-refractivity contribution in [1.82, 2.24) is 19.7 Å². The molecule has 5 heteroatoms. The van der Waals surface area contributed by atoms with Crippen LogP contribution in [0, 0.1) is 19.8 Å². The molecule has 1 aromatic carbocycles. The maximum absolute atomic E-state index is 13.5. The summed E-state index contributed by atoms with van der Waals surface area (Å²) in [6, 6.07) is 6.08. The second-order valence-corrected chi connectivity index (χ2v) is 8.06. The number of amides is 1. The van der Waals surface area contributed by atoms with E-state index in [4.69, 9.17) is 4.98 Å². The van der Waals surface area contributed by atoms with Crippen LogP contribution < -0.4 is 0 Å². The number of aromatic nitrogens is 3. The van der Waals surface area contributed by atoms with Crippen molar-refractivity contribution in [2.24, 2.45) is 13.0 Å². The molecule has 1 amide bonds. The molecule has 3 heterocycles. The summed E-state index contributed by atoms with van der Waals surface area (Å²) >= 11 is 0. The Labute approximate surface area is 166 Å². The molecule has 0 bridgehead atoms. The number of hydrogen-bond donors (Lipinski definition) is 0. The number of carbonyl (C=O) groups excluding carboxylic acids is 1. The zero-order valence-corrected chi connectivity index (χ0v) is 17.2. The van der Waals surface area contributed by atoms with Gasteiger partial charge in [0, 0.05) is 37.3 Å². The van der Waals surface area contributed by atoms with E-state index in [1.54, 1.807) is 10.9 Å². The quantitative estimate of drug-likeness (QED) is 0.673. The maximum atomic E-state index is 13.5. The summed E-state index contributed by atoms with van der Waals surface area (Å²) in [5, 5.41) is 5.22. The van der Waals surface area contributed by atoms with Gasteiger partial charge in [-0.05, 0) is 49.8 Å². The molecule has 146 valence electrons. The summed E-state index contributed by atoms with van der Waals surface area (Å²) in [6.07, 6.45) is 7.23. The first kappa shape index (κ1) is 18.7. The molecule has 1 saturated heterocycles. The maximum Gasteiger partial charge on any atom is 0.254 e. The molecular formula is C23H28N4O. The molecule has 1 atom stereocenters. The Morgan fingerprint density at radius 1 is 1.29 bits per heavy atom. The number of pyridine rings is 1. The molecule has 1 aliphatic rings. The highest BCUT2D eigenvalue weighted by Gasteiger charge is 2.28. The fourth-order valence-electron chi connectivity index (χ4n) is 4.24. The van der Waals surface area contributed by atoms with Crippen molar-refractivity contribution in [2.75, 3.05) is 13.1 Å². The van der Waals surface area contributed by atoms with Crippen LogP contribution in [-0.4, -0.2) is 38.7 Å². The zero-order chi connectivity index (χ0) is 19.8. The Morgan fingerprint density at radius 3 is 2.82 bits per heavy atom. The molecule has 3 aromatic rings. The van der Waals surface area contributed by atoms with Crippen molar-refractivity contribution >= 4 is 16.8 Å². The Morgan fingerprint density at radius 2 is 2.11 bits per heavy atom. The topological polar surface area (TPSA) is 51.0 Å². The lowest BCUT2D eigenvalue weighted by atomic mass is 9.99. The first-order valence-electron chi connectivity index (χ1n) is 10.2. The van der Waals surface area contributed by atoms with E-state index in [2.05, 4.69) is 31.9 Å². The van der Waals surface area contributed by atoms with Gasteiger partial charge in [-0.2, -0.15) is 5.10 Å². The number of benzene rings is 1. The van der Waals surface area contributed by atoms with Gasteiger partial charge in [0.2, 0.25) is 0 Å². The molecule has 28 heavy (non-hydrogen) atoms. The third kappa shape index (κ3) is 3.30. The minimum absolute atomic E-state index is 0.124. The van der Waals surface area contributed by atoms with Crippen LogP contribution in [0.2, 0.25) is 0 Å². The van der Waals surface area contributed by atoms with E-state index in [1.165, 1.54) is 18.4 Å². The first-order valence-corrected chi connectivity index (χ1v) is 10.2. The summed E-state index contributed by atoms with van der Waals surface area (Å²) < 4.78 is 1.77. The predicted molar refractivity (Wildman–Crippen MR) is 112 cm³/mol. The summed E-state index contributed by atoms with van der Waals surface area (Å²) in [6.45, 7) is 8.10. The molecule has 1 fully saturated rings. The molecule has 0 unspecified atom stereocenters. The molecule has 5 nitrogen and oxygen atoms in total. The Hall–Kier alpha value is -2.69. The molecule has 0 spiro atoms. The molecule has 0 N–H and O–H groups in total. The molecule has 4 rings (SSSR count). The molecule has 1 aliphatic heterocycles. The van der Waals surface area contributed by atoms with Crippen LogP contribution in [0.3, 0.4) is 0 Å². The third-order valence-corrected chi connectivity index (χ3v) is 6.01. The minimum atomic E-state index is 0.124. The van der Waals surface area contributed by atoms with Gasteiger partial charge in [0.1, 0.15) is 0 Å². The zero-order valence-electron chi connectivity index (χ0n) is 17.2. The van der Waals surface area contributed by atoms with Crippen molar-refractivity contribution in [3.63, 3.8) is 0 Å². The van der Waals surface area contributed by atoms with Gasteiger partial charge in [0.05, 0.1) is 23.0 Å². The summed E-state index contributed by atoms with van der Waals surface area (Å²) in [7, 11) is 1.89. The number of rotatable bonds is 4. The van der Waals surface area contributed by atoms with Crippen LogP contribution >= 0.6 is 0 Å². The van der Waals surface area contributed by atoms with Gasteiger partial charge < -0.3 is 4.90 Å². The van der Waals surface area contributed by atoms with Crippen molar-refractivity contribution in [2.45, 2.75) is 40.0 Å². The second kappa shape index (κ2) is 7.38. The number of aryl methyl sites for hydroxylation is 3. The average Bonchev–Trinajstić information content (AvgIpc) is 3.33. The first-order chi connectivity index (χ1) is 13.5. The van der Waals surface area contributed by atoms with E-state index >= 15 is 0 Å². The van der Waals surface area contributed by atoms with Gasteiger partial charge in [-0.1, -0.05) is 25.5 Å². The molecule has 2 aromatic heterocycles. The van der Waals surface area contributed by atoms with Crippen LogP contribution in [0.5, 0.6) is 0 Å². The molecular weight excluding hydrogens is 348 g/mol. The average molecular weight is 377 g/mol. The highest BCUT2D eigenvalue weighted by molar-refractivity contribution is 6.08. The summed E-state index contributed by atoms with van der Waals surface area (Å²) in [4.78, 5) is 20.4. The lowest BCUT2D eigenvalue weighted by molar-refractivity contribution is 0.0788. The third-order valence-electron chi connectivity index (χ3n) is 6.01. The second-order valence-electron chi connectivity index (χ2n) is 8.06. The van der Waals surface area contributed by atoms with E-state index in [0.717, 1.165) is 52.8 Å². The fraction of sp³-hybridized carbons (Fsp3) is 0.435. The molecule has 0 saturated carbocycles. The van der Waals surface area contributed by atoms with E-state index in [9.17, 15) is 4.79 Å². The van der Waals surface area contributed by atoms with Crippen molar-refractivity contribution < 1.29 is 4.79 Å². The summed E-state index contributed by atoms with van der Waals surface area (Å²) in [5.41, 5.74) is 5.72. The highest BCUT2D eigenvalue weighted by atomic mass is 16.2. The number of hydrogen-bond acceptors (Lipinski definition) is 3. The van der Waals surface area contributed by atoms with E-state index in [-0.39, 0.29) is 5.91 Å². The van der Waals surface area contributed by atoms with Gasteiger partial charge in [-0.25, -0.2) is 4.98 Å². The van der Waals surface area contributed by atoms with Crippen molar-refractivity contribution in [1.29, 1.82) is 0 Å². The number of carbonyl (C=O) groups is 1. The van der Waals surface area contributed by atoms with E-state index in [0.29, 0.717) is 5.92 Å². The monoisotopic (exact) mass is 376 g/mol. The standard InChI is InChI=1S/C23H28N4O/c1-5-6-17-9-10-27(13-17)23(28)20-11-21(18-12-24-26(4)14-18)25-22-16(3)15(2)7-8-19(20)22/h7-8,11-12,14,17H,5-6,9-10,13H2,1-4H3/t17-/m0/s1. The predicted octanol–water partition coefficient (Wildman–Crippen LogP) is 4.51. The number of nitrogens with zero attached hydrogens (tertiary/aromatic N) is 4. The Balaban J connectivity index is 1.82. The fourth-order valence-corrected chi connectivity index (χ4v) is 4.24. The van der Waals surface area contributed by atoms with Crippen LogP contribution in [0.15, 0.2) is 30.6 Å². The summed E-state index contributed by atoms with van der Waals surface area (Å²) in [5.74, 6) is 0.753. The van der Waals surface area contributed by atoms with Crippen molar-refractivity contribution in [3.8, 4) is 11.3 Å². The lowest BCUT2D eigenvalue weighted by Crippen LogP contribution is -2.29. The van der Waals surface area contributed by atoms with Gasteiger partial charge >= 0.3 is 0 Å². The smallest absolute Gasteiger partial charge is 0.254 e. The molecule has 0 aliphatic carbocycles.